The number of carbonyl (C=O) groups is 1. The fraction of sp³-hybridized carbons (Fsp3) is 0.346. The molecule has 2 heterocycles. The average Bonchev–Trinajstić information content (AvgIpc) is 3.23. The van der Waals surface area contributed by atoms with E-state index in [1.165, 1.54) is 18.2 Å². The van der Waals surface area contributed by atoms with Gasteiger partial charge in [-0.05, 0) is 56.2 Å². The number of rotatable bonds is 6. The summed E-state index contributed by atoms with van der Waals surface area (Å²) >= 11 is 3.03. The smallest absolute Gasteiger partial charge is 0.263 e. The number of hydrogen-bond donors (Lipinski definition) is 1. The van der Waals surface area contributed by atoms with Crippen LogP contribution in [0.25, 0.3) is 5.69 Å². The number of benzene rings is 2. The first-order chi connectivity index (χ1) is 16.5. The van der Waals surface area contributed by atoms with Gasteiger partial charge in [-0.1, -0.05) is 42.3 Å². The third-order valence-electron chi connectivity index (χ3n) is 6.39. The lowest BCUT2D eigenvalue weighted by Crippen LogP contribution is -2.29. The average molecular weight is 494 g/mol. The summed E-state index contributed by atoms with van der Waals surface area (Å²) in [6.45, 7) is 2.01. The molecule has 0 unspecified atom stereocenters. The number of fused-ring (bicyclic) bond motifs is 3. The van der Waals surface area contributed by atoms with E-state index < -0.39 is 0 Å². The van der Waals surface area contributed by atoms with Gasteiger partial charge in [-0.2, -0.15) is 0 Å². The van der Waals surface area contributed by atoms with Crippen molar-refractivity contribution in [2.75, 3.05) is 18.2 Å². The molecule has 1 amide bonds. The van der Waals surface area contributed by atoms with Crippen LogP contribution in [0.3, 0.4) is 0 Å². The highest BCUT2D eigenvalue weighted by Crippen LogP contribution is 2.50. The summed E-state index contributed by atoms with van der Waals surface area (Å²) < 4.78 is 6.95. The summed E-state index contributed by atoms with van der Waals surface area (Å²) in [4.78, 5) is 31.4. The summed E-state index contributed by atoms with van der Waals surface area (Å²) in [7, 11) is 1.62. The number of hydrogen-bond acceptors (Lipinski definition) is 6. The number of anilines is 1. The van der Waals surface area contributed by atoms with E-state index in [4.69, 9.17) is 9.72 Å². The molecule has 8 heteroatoms. The third kappa shape index (κ3) is 4.61. The molecule has 1 aliphatic heterocycles. The van der Waals surface area contributed by atoms with Gasteiger partial charge in [-0.3, -0.25) is 14.2 Å². The van der Waals surface area contributed by atoms with E-state index >= 15 is 0 Å². The molecule has 2 aliphatic rings. The molecule has 1 N–H and O–H groups in total. The highest BCUT2D eigenvalue weighted by atomic mass is 32.2. The molecule has 2 atom stereocenters. The quantitative estimate of drug-likeness (QED) is 0.281. The van der Waals surface area contributed by atoms with Gasteiger partial charge in [0, 0.05) is 16.9 Å². The molecule has 0 saturated heterocycles. The Bertz CT molecular complexity index is 1260. The molecule has 6 nitrogen and oxygen atoms in total. The predicted molar refractivity (Wildman–Crippen MR) is 138 cm³/mol. The molecule has 0 bridgehead atoms. The molecule has 3 aromatic rings. The van der Waals surface area contributed by atoms with Crippen LogP contribution in [0.1, 0.15) is 42.7 Å². The van der Waals surface area contributed by atoms with E-state index in [1.54, 1.807) is 23.4 Å². The number of ether oxygens (including phenoxy) is 1. The Morgan fingerprint density at radius 2 is 1.88 bits per heavy atom. The second kappa shape index (κ2) is 9.88. The number of amides is 1. The Balaban J connectivity index is 1.46. The molecule has 34 heavy (non-hydrogen) atoms. The summed E-state index contributed by atoms with van der Waals surface area (Å²) in [5, 5.41) is 4.74. The fourth-order valence-electron chi connectivity index (χ4n) is 4.63. The number of methoxy groups -OCH3 is 1. The van der Waals surface area contributed by atoms with Crippen molar-refractivity contribution in [2.45, 2.75) is 54.0 Å². The summed E-state index contributed by atoms with van der Waals surface area (Å²) in [5.41, 5.74) is 3.45. The van der Waals surface area contributed by atoms with Crippen LogP contribution in [0.2, 0.25) is 0 Å². The predicted octanol–water partition coefficient (Wildman–Crippen LogP) is 5.41. The van der Waals surface area contributed by atoms with Gasteiger partial charge in [0.15, 0.2) is 5.16 Å². The lowest BCUT2D eigenvalue weighted by Gasteiger charge is -2.24. The maximum absolute atomic E-state index is 13.8. The Hall–Kier alpha value is -2.71. The Morgan fingerprint density at radius 1 is 1.15 bits per heavy atom. The van der Waals surface area contributed by atoms with Crippen LogP contribution in [0.4, 0.5) is 5.69 Å². The van der Waals surface area contributed by atoms with Crippen LogP contribution < -0.4 is 15.6 Å². The SMILES string of the molecule is COc1ccc(-n2c(SCC(=O)Nc3ccc(C)cc3)nc3c(c2=O)[C@H]2CCCC[C@H]2S3)cc1. The van der Waals surface area contributed by atoms with Crippen molar-refractivity contribution >= 4 is 35.1 Å². The minimum atomic E-state index is -0.133. The number of aromatic nitrogens is 2. The summed E-state index contributed by atoms with van der Waals surface area (Å²) in [6.07, 6.45) is 4.51. The van der Waals surface area contributed by atoms with Crippen molar-refractivity contribution in [1.29, 1.82) is 0 Å². The van der Waals surface area contributed by atoms with Crippen molar-refractivity contribution in [3.8, 4) is 11.4 Å². The minimum absolute atomic E-state index is 0.0153. The molecule has 1 aliphatic carbocycles. The van der Waals surface area contributed by atoms with Crippen molar-refractivity contribution in [3.63, 3.8) is 0 Å². The number of carbonyl (C=O) groups excluding carboxylic acids is 1. The van der Waals surface area contributed by atoms with Gasteiger partial charge in [0.05, 0.1) is 24.1 Å². The standard InChI is InChI=1S/C26H27N3O3S2/c1-16-7-9-17(10-8-16)27-22(30)15-33-26-28-24-23(20-5-3-4-6-21(20)34-24)25(31)29(26)18-11-13-19(32-2)14-12-18/h7-14,20-21H,3-6,15H2,1-2H3,(H,27,30)/t20-,21+/m0/s1. The monoisotopic (exact) mass is 493 g/mol. The molecule has 1 saturated carbocycles. The Kier molecular flexibility index (Phi) is 6.70. The first-order valence-electron chi connectivity index (χ1n) is 11.5. The van der Waals surface area contributed by atoms with Crippen molar-refractivity contribution in [1.82, 2.24) is 9.55 Å². The molecular weight excluding hydrogens is 466 g/mol. The molecule has 0 radical (unpaired) electrons. The van der Waals surface area contributed by atoms with Gasteiger partial charge in [-0.25, -0.2) is 4.98 Å². The first-order valence-corrected chi connectivity index (χ1v) is 13.4. The first kappa shape index (κ1) is 23.1. The lowest BCUT2D eigenvalue weighted by molar-refractivity contribution is -0.113. The van der Waals surface area contributed by atoms with Gasteiger partial charge in [0.25, 0.3) is 5.56 Å². The number of aryl methyl sites for hydroxylation is 1. The Morgan fingerprint density at radius 3 is 2.62 bits per heavy atom. The molecule has 176 valence electrons. The van der Waals surface area contributed by atoms with Crippen LogP contribution in [0.15, 0.2) is 63.5 Å². The van der Waals surface area contributed by atoms with Crippen LogP contribution in [-0.4, -0.2) is 33.6 Å². The zero-order valence-electron chi connectivity index (χ0n) is 19.2. The van der Waals surface area contributed by atoms with Gasteiger partial charge in [0.1, 0.15) is 10.8 Å². The molecule has 1 fully saturated rings. The number of thioether (sulfide) groups is 2. The van der Waals surface area contributed by atoms with E-state index in [2.05, 4.69) is 5.32 Å². The Labute approximate surface area is 207 Å². The molecular formula is C26H27N3O3S2. The second-order valence-electron chi connectivity index (χ2n) is 8.70. The summed E-state index contributed by atoms with van der Waals surface area (Å²) in [5.74, 6) is 1.01. The van der Waals surface area contributed by atoms with Crippen molar-refractivity contribution in [3.05, 3.63) is 70.0 Å². The van der Waals surface area contributed by atoms with Crippen LogP contribution in [0, 0.1) is 6.92 Å². The topological polar surface area (TPSA) is 73.2 Å². The van der Waals surface area contributed by atoms with E-state index in [9.17, 15) is 9.59 Å². The highest BCUT2D eigenvalue weighted by molar-refractivity contribution is 8.00. The lowest BCUT2D eigenvalue weighted by atomic mass is 9.85. The second-order valence-corrected chi connectivity index (χ2v) is 10.9. The van der Waals surface area contributed by atoms with Gasteiger partial charge < -0.3 is 10.1 Å². The van der Waals surface area contributed by atoms with E-state index in [1.807, 2.05) is 55.5 Å². The van der Waals surface area contributed by atoms with E-state index in [0.29, 0.717) is 10.4 Å². The molecule has 5 rings (SSSR count). The van der Waals surface area contributed by atoms with Crippen LogP contribution in [-0.2, 0) is 4.79 Å². The van der Waals surface area contributed by atoms with Gasteiger partial charge in [0.2, 0.25) is 5.91 Å². The van der Waals surface area contributed by atoms with E-state index in [-0.39, 0.29) is 23.1 Å². The highest BCUT2D eigenvalue weighted by Gasteiger charge is 2.39. The zero-order valence-corrected chi connectivity index (χ0v) is 20.9. The van der Waals surface area contributed by atoms with Gasteiger partial charge >= 0.3 is 0 Å². The minimum Gasteiger partial charge on any atom is -0.497 e. The van der Waals surface area contributed by atoms with E-state index in [0.717, 1.165) is 52.5 Å². The zero-order chi connectivity index (χ0) is 23.7. The van der Waals surface area contributed by atoms with Gasteiger partial charge in [-0.15, -0.1) is 11.8 Å². The summed E-state index contributed by atoms with van der Waals surface area (Å²) in [6, 6.07) is 15.1. The number of nitrogens with one attached hydrogen (secondary N) is 1. The van der Waals surface area contributed by atoms with Crippen LogP contribution in [0.5, 0.6) is 5.75 Å². The van der Waals surface area contributed by atoms with Crippen molar-refractivity contribution in [2.24, 2.45) is 0 Å². The maximum atomic E-state index is 13.8. The maximum Gasteiger partial charge on any atom is 0.263 e. The third-order valence-corrected chi connectivity index (χ3v) is 8.73. The molecule has 1 aromatic heterocycles. The largest absolute Gasteiger partial charge is 0.497 e. The fourth-order valence-corrected chi connectivity index (χ4v) is 7.01. The van der Waals surface area contributed by atoms with Crippen LogP contribution >= 0.6 is 23.5 Å². The molecule has 0 spiro atoms. The van der Waals surface area contributed by atoms with Crippen molar-refractivity contribution < 1.29 is 9.53 Å². The normalized spacial score (nSPS) is 18.8. The molecule has 2 aromatic carbocycles. The number of nitrogens with zero attached hydrogens (tertiary/aromatic N) is 2.